The van der Waals surface area contributed by atoms with Crippen LogP contribution in [0.5, 0.6) is 11.5 Å². The average Bonchev–Trinajstić information content (AvgIpc) is 3.06. The Bertz CT molecular complexity index is 985. The fourth-order valence-corrected chi connectivity index (χ4v) is 3.62. The van der Waals surface area contributed by atoms with Crippen molar-refractivity contribution < 1.29 is 19.1 Å². The quantitative estimate of drug-likeness (QED) is 0.747. The first-order valence-electron chi connectivity index (χ1n) is 10.1. The minimum atomic E-state index is -0.289. The highest BCUT2D eigenvalue weighted by Crippen LogP contribution is 2.41. The second kappa shape index (κ2) is 8.18. The summed E-state index contributed by atoms with van der Waals surface area (Å²) in [5, 5.41) is 8.37. The van der Waals surface area contributed by atoms with Gasteiger partial charge in [-0.05, 0) is 32.0 Å². The van der Waals surface area contributed by atoms with E-state index in [9.17, 15) is 9.59 Å². The molecule has 2 amide bonds. The van der Waals surface area contributed by atoms with E-state index >= 15 is 0 Å². The number of carbonyl (C=O) groups excluding carboxylic acids is 2. The van der Waals surface area contributed by atoms with Gasteiger partial charge >= 0.3 is 0 Å². The maximum absolute atomic E-state index is 12.5. The van der Waals surface area contributed by atoms with Gasteiger partial charge in [0.1, 0.15) is 17.9 Å². The van der Waals surface area contributed by atoms with Gasteiger partial charge in [0.15, 0.2) is 11.5 Å². The molecule has 2 aromatic carbocycles. The number of nitrogens with one attached hydrogen (secondary N) is 1. The van der Waals surface area contributed by atoms with Crippen molar-refractivity contribution in [1.82, 2.24) is 5.32 Å². The third kappa shape index (κ3) is 4.30. The summed E-state index contributed by atoms with van der Waals surface area (Å²) in [6.45, 7) is 4.72. The third-order valence-electron chi connectivity index (χ3n) is 5.00. The van der Waals surface area contributed by atoms with Crippen LogP contribution in [0.1, 0.15) is 32.3 Å². The van der Waals surface area contributed by atoms with Crippen LogP contribution in [-0.4, -0.2) is 36.3 Å². The third-order valence-corrected chi connectivity index (χ3v) is 5.00. The minimum Gasteiger partial charge on any atom is -0.488 e. The lowest BCUT2D eigenvalue weighted by atomic mass is 10.0. The van der Waals surface area contributed by atoms with Crippen LogP contribution in [0.25, 0.3) is 0 Å². The summed E-state index contributed by atoms with van der Waals surface area (Å²) in [6.07, 6.45) is 1.41. The lowest BCUT2D eigenvalue weighted by molar-refractivity contribution is -0.119. The molecule has 0 radical (unpaired) electrons. The molecule has 0 atom stereocenters. The van der Waals surface area contributed by atoms with Gasteiger partial charge in [-0.2, -0.15) is 5.10 Å². The molecule has 0 aliphatic carbocycles. The van der Waals surface area contributed by atoms with Crippen molar-refractivity contribution in [3.8, 4) is 11.5 Å². The lowest BCUT2D eigenvalue weighted by Gasteiger charge is -2.23. The maximum atomic E-state index is 12.5. The van der Waals surface area contributed by atoms with Gasteiger partial charge in [0.25, 0.3) is 5.91 Å². The Hall–Kier alpha value is -3.35. The molecule has 0 spiro atoms. The van der Waals surface area contributed by atoms with E-state index < -0.39 is 0 Å². The number of para-hydroxylation sites is 2. The maximum Gasteiger partial charge on any atom is 0.267 e. The molecule has 0 saturated heterocycles. The number of fused-ring (bicyclic) bond motifs is 1. The normalized spacial score (nSPS) is 17.1. The van der Waals surface area contributed by atoms with Crippen molar-refractivity contribution in [3.05, 3.63) is 54.1 Å². The highest BCUT2D eigenvalue weighted by Gasteiger charge is 2.32. The topological polar surface area (TPSA) is 80.2 Å². The van der Waals surface area contributed by atoms with Gasteiger partial charge < -0.3 is 14.8 Å². The van der Waals surface area contributed by atoms with Gasteiger partial charge in [0.2, 0.25) is 5.91 Å². The van der Waals surface area contributed by atoms with Crippen molar-refractivity contribution in [3.63, 3.8) is 0 Å². The molecule has 156 valence electrons. The molecule has 7 heteroatoms. The van der Waals surface area contributed by atoms with Crippen LogP contribution in [0.2, 0.25) is 0 Å². The molecule has 2 aliphatic rings. The number of anilines is 1. The van der Waals surface area contributed by atoms with Gasteiger partial charge in [-0.1, -0.05) is 30.3 Å². The van der Waals surface area contributed by atoms with Crippen LogP contribution in [-0.2, 0) is 16.0 Å². The molecule has 4 rings (SSSR count). The van der Waals surface area contributed by atoms with Crippen LogP contribution < -0.4 is 19.8 Å². The zero-order valence-electron chi connectivity index (χ0n) is 17.2. The molecule has 2 aliphatic heterocycles. The van der Waals surface area contributed by atoms with Gasteiger partial charge in [0, 0.05) is 24.8 Å². The number of benzene rings is 2. The standard InChI is InChI=1S/C23H25N3O4/c1-23(2)15-16-7-6-10-19(21(16)30-23)29-14-13-24-22(28)18-11-12-20(27)26(25-18)17-8-4-3-5-9-17/h3-10H,11-15H2,1-2H3,(H,24,28). The average molecular weight is 407 g/mol. The second-order valence-corrected chi connectivity index (χ2v) is 7.98. The van der Waals surface area contributed by atoms with E-state index in [1.807, 2.05) is 50.2 Å². The summed E-state index contributed by atoms with van der Waals surface area (Å²) in [7, 11) is 0. The predicted octanol–water partition coefficient (Wildman–Crippen LogP) is 3.08. The molecule has 0 bridgehead atoms. The van der Waals surface area contributed by atoms with Gasteiger partial charge in [-0.15, -0.1) is 0 Å². The molecular formula is C23H25N3O4. The number of hydrazone groups is 1. The highest BCUT2D eigenvalue weighted by molar-refractivity contribution is 6.40. The first kappa shape index (κ1) is 19.9. The fourth-order valence-electron chi connectivity index (χ4n) is 3.62. The van der Waals surface area contributed by atoms with Crippen molar-refractivity contribution in [2.24, 2.45) is 5.10 Å². The SMILES string of the molecule is CC1(C)Cc2cccc(OCCNC(=O)C3=NN(c4ccccc4)C(=O)CC3)c2O1. The Morgan fingerprint density at radius 1 is 1.17 bits per heavy atom. The van der Waals surface area contributed by atoms with E-state index in [1.54, 1.807) is 12.1 Å². The second-order valence-electron chi connectivity index (χ2n) is 7.98. The van der Waals surface area contributed by atoms with E-state index in [2.05, 4.69) is 10.4 Å². The zero-order chi connectivity index (χ0) is 21.1. The van der Waals surface area contributed by atoms with Crippen molar-refractivity contribution >= 4 is 23.2 Å². The minimum absolute atomic E-state index is 0.123. The summed E-state index contributed by atoms with van der Waals surface area (Å²) in [5.41, 5.74) is 1.88. The smallest absolute Gasteiger partial charge is 0.267 e. The van der Waals surface area contributed by atoms with Crippen molar-refractivity contribution in [1.29, 1.82) is 0 Å². The zero-order valence-corrected chi connectivity index (χ0v) is 17.2. The molecular weight excluding hydrogens is 382 g/mol. The van der Waals surface area contributed by atoms with E-state index in [1.165, 1.54) is 5.01 Å². The summed E-state index contributed by atoms with van der Waals surface area (Å²) >= 11 is 0. The largest absolute Gasteiger partial charge is 0.488 e. The highest BCUT2D eigenvalue weighted by atomic mass is 16.5. The molecule has 0 aromatic heterocycles. The van der Waals surface area contributed by atoms with Crippen LogP contribution in [0.15, 0.2) is 53.6 Å². The first-order chi connectivity index (χ1) is 14.4. The first-order valence-corrected chi connectivity index (χ1v) is 10.1. The van der Waals surface area contributed by atoms with Crippen LogP contribution >= 0.6 is 0 Å². The van der Waals surface area contributed by atoms with Crippen LogP contribution in [0, 0.1) is 0 Å². The van der Waals surface area contributed by atoms with Crippen LogP contribution in [0.3, 0.4) is 0 Å². The van der Waals surface area contributed by atoms with Gasteiger partial charge in [0.05, 0.1) is 12.2 Å². The number of amides is 2. The summed E-state index contributed by atoms with van der Waals surface area (Å²) in [4.78, 5) is 24.7. The molecule has 7 nitrogen and oxygen atoms in total. The predicted molar refractivity (Wildman–Crippen MR) is 114 cm³/mol. The number of nitrogens with zero attached hydrogens (tertiary/aromatic N) is 2. The Morgan fingerprint density at radius 3 is 2.77 bits per heavy atom. The number of carbonyl (C=O) groups is 2. The van der Waals surface area contributed by atoms with Gasteiger partial charge in [-0.3, -0.25) is 9.59 Å². The van der Waals surface area contributed by atoms with E-state index in [0.29, 0.717) is 36.7 Å². The number of hydrogen-bond acceptors (Lipinski definition) is 5. The number of rotatable bonds is 6. The summed E-state index contributed by atoms with van der Waals surface area (Å²) < 4.78 is 11.8. The monoisotopic (exact) mass is 407 g/mol. The molecule has 2 heterocycles. The molecule has 2 aromatic rings. The van der Waals surface area contributed by atoms with E-state index in [4.69, 9.17) is 9.47 Å². The molecule has 30 heavy (non-hydrogen) atoms. The van der Waals surface area contributed by atoms with Crippen LogP contribution in [0.4, 0.5) is 5.69 Å². The number of ether oxygens (including phenoxy) is 2. The Kier molecular flexibility index (Phi) is 5.44. The molecule has 0 fully saturated rings. The van der Waals surface area contributed by atoms with E-state index in [0.717, 1.165) is 17.7 Å². The van der Waals surface area contributed by atoms with Crippen molar-refractivity contribution in [2.45, 2.75) is 38.7 Å². The Balaban J connectivity index is 1.33. The molecule has 0 unspecified atom stereocenters. The summed E-state index contributed by atoms with van der Waals surface area (Å²) in [6, 6.07) is 15.0. The lowest BCUT2D eigenvalue weighted by Crippen LogP contribution is -2.40. The molecule has 0 saturated carbocycles. The van der Waals surface area contributed by atoms with Gasteiger partial charge in [-0.25, -0.2) is 5.01 Å². The summed E-state index contributed by atoms with van der Waals surface area (Å²) in [5.74, 6) is 1.05. The fraction of sp³-hybridized carbons (Fsp3) is 0.348. The Morgan fingerprint density at radius 2 is 1.97 bits per heavy atom. The Labute approximate surface area is 175 Å². The molecule has 1 N–H and O–H groups in total. The van der Waals surface area contributed by atoms with E-state index in [-0.39, 0.29) is 23.8 Å². The number of hydrogen-bond donors (Lipinski definition) is 1. The van der Waals surface area contributed by atoms with Crippen molar-refractivity contribution in [2.75, 3.05) is 18.2 Å².